The topological polar surface area (TPSA) is 103 Å². The molecular weight excluding hydrogens is 310 g/mol. The minimum atomic E-state index is -0.653. The maximum Gasteiger partial charge on any atom is 0.292 e. The zero-order chi connectivity index (χ0) is 17.7. The molecule has 1 aliphatic rings. The Kier molecular flexibility index (Phi) is 5.58. The monoisotopic (exact) mass is 331 g/mol. The van der Waals surface area contributed by atoms with Crippen LogP contribution in [0.25, 0.3) is 0 Å². The van der Waals surface area contributed by atoms with E-state index in [-0.39, 0.29) is 17.5 Å². The van der Waals surface area contributed by atoms with Crippen LogP contribution < -0.4 is 5.32 Å². The van der Waals surface area contributed by atoms with Crippen LogP contribution in [0.2, 0.25) is 0 Å². The van der Waals surface area contributed by atoms with Gasteiger partial charge in [0.15, 0.2) is 6.19 Å². The molecule has 2 rings (SSSR count). The molecule has 1 heterocycles. The lowest BCUT2D eigenvalue weighted by molar-refractivity contribution is -0.384. The molecule has 1 aromatic rings. The predicted molar refractivity (Wildman–Crippen MR) is 88.6 cm³/mol. The minimum absolute atomic E-state index is 0.0771. The Bertz CT molecular complexity index is 655. The van der Waals surface area contributed by atoms with Gasteiger partial charge in [-0.3, -0.25) is 14.9 Å². The van der Waals surface area contributed by atoms with Gasteiger partial charge in [0.1, 0.15) is 11.7 Å². The highest BCUT2D eigenvalue weighted by molar-refractivity contribution is 5.85. The lowest BCUT2D eigenvalue weighted by Gasteiger charge is -2.37. The second kappa shape index (κ2) is 7.64. The number of amides is 1. The zero-order valence-corrected chi connectivity index (χ0v) is 13.8. The molecule has 1 unspecified atom stereocenters. The minimum Gasteiger partial charge on any atom is -0.368 e. The number of benzene rings is 1. The van der Waals surface area contributed by atoms with Crippen LogP contribution in [0.15, 0.2) is 24.3 Å². The molecule has 0 aromatic heterocycles. The van der Waals surface area contributed by atoms with Gasteiger partial charge in [-0.15, -0.1) is 0 Å². The number of nitriles is 1. The molecule has 1 N–H and O–H groups in total. The number of carbonyl (C=O) groups excluding carboxylic acids is 1. The number of nitro benzene ring substituents is 1. The van der Waals surface area contributed by atoms with E-state index in [1.54, 1.807) is 18.2 Å². The molecule has 0 bridgehead atoms. The number of carbonyl (C=O) groups is 1. The highest BCUT2D eigenvalue weighted by Gasteiger charge is 2.33. The van der Waals surface area contributed by atoms with Crippen molar-refractivity contribution in [3.8, 4) is 6.19 Å². The average molecular weight is 331 g/mol. The first-order valence-electron chi connectivity index (χ1n) is 7.94. The number of anilines is 1. The number of para-hydroxylation sites is 2. The highest BCUT2D eigenvalue weighted by Crippen LogP contribution is 2.26. The van der Waals surface area contributed by atoms with E-state index in [2.05, 4.69) is 5.32 Å². The van der Waals surface area contributed by atoms with Crippen molar-refractivity contribution < 1.29 is 9.72 Å². The Hall–Kier alpha value is -2.82. The Morgan fingerprint density at radius 2 is 2.00 bits per heavy atom. The third-order valence-corrected chi connectivity index (χ3v) is 4.00. The van der Waals surface area contributed by atoms with Gasteiger partial charge in [-0.05, 0) is 24.8 Å². The third kappa shape index (κ3) is 3.74. The van der Waals surface area contributed by atoms with Gasteiger partial charge in [-0.25, -0.2) is 10.0 Å². The van der Waals surface area contributed by atoms with Crippen LogP contribution in [0.3, 0.4) is 0 Å². The molecule has 8 heteroatoms. The molecule has 128 valence electrons. The Morgan fingerprint density at radius 1 is 1.33 bits per heavy atom. The summed E-state index contributed by atoms with van der Waals surface area (Å²) in [6.45, 7) is 4.72. The Labute approximate surface area is 140 Å². The van der Waals surface area contributed by atoms with E-state index >= 15 is 0 Å². The number of hydrazine groups is 1. The first-order chi connectivity index (χ1) is 11.5. The Balaban J connectivity index is 2.25. The molecule has 1 aliphatic heterocycles. The molecule has 1 atom stereocenters. The van der Waals surface area contributed by atoms with Crippen LogP contribution in [0.1, 0.15) is 26.7 Å². The molecule has 0 saturated carbocycles. The van der Waals surface area contributed by atoms with Crippen molar-refractivity contribution in [3.05, 3.63) is 34.4 Å². The molecule has 1 amide bonds. The highest BCUT2D eigenvalue weighted by atomic mass is 16.6. The second-order valence-corrected chi connectivity index (χ2v) is 6.03. The standard InChI is InChI=1S/C16H21N5O3/c1-12(2)15(16(22)20-10-6-5-9-19(20)11-17)18-13-7-3-4-8-14(13)21(23)24/h3-4,7-8,12,15,18H,5-6,9-10H2,1-2H3. The summed E-state index contributed by atoms with van der Waals surface area (Å²) < 4.78 is 0. The second-order valence-electron chi connectivity index (χ2n) is 6.03. The molecule has 0 radical (unpaired) electrons. The summed E-state index contributed by atoms with van der Waals surface area (Å²) >= 11 is 0. The summed E-state index contributed by atoms with van der Waals surface area (Å²) in [6.07, 6.45) is 3.72. The number of nitrogens with zero attached hydrogens (tertiary/aromatic N) is 4. The van der Waals surface area contributed by atoms with Gasteiger partial charge in [0, 0.05) is 12.6 Å². The summed E-state index contributed by atoms with van der Waals surface area (Å²) in [4.78, 5) is 23.6. The normalized spacial score (nSPS) is 15.8. The fourth-order valence-corrected chi connectivity index (χ4v) is 2.69. The molecular formula is C16H21N5O3. The van der Waals surface area contributed by atoms with Crippen LogP contribution >= 0.6 is 0 Å². The molecule has 1 aromatic carbocycles. The first-order valence-corrected chi connectivity index (χ1v) is 7.94. The number of hydrogen-bond acceptors (Lipinski definition) is 6. The summed E-state index contributed by atoms with van der Waals surface area (Å²) in [7, 11) is 0. The van der Waals surface area contributed by atoms with Gasteiger partial charge < -0.3 is 5.32 Å². The molecule has 0 aliphatic carbocycles. The molecule has 1 saturated heterocycles. The van der Waals surface area contributed by atoms with E-state index in [1.807, 2.05) is 20.0 Å². The molecule has 1 fully saturated rings. The van der Waals surface area contributed by atoms with Crippen LogP contribution in [-0.2, 0) is 4.79 Å². The van der Waals surface area contributed by atoms with E-state index < -0.39 is 11.0 Å². The van der Waals surface area contributed by atoms with Gasteiger partial charge in [0.05, 0.1) is 11.5 Å². The van der Waals surface area contributed by atoms with Crippen LogP contribution in [0, 0.1) is 27.5 Å². The van der Waals surface area contributed by atoms with Crippen molar-refractivity contribution in [2.24, 2.45) is 5.92 Å². The van der Waals surface area contributed by atoms with Gasteiger partial charge in [-0.2, -0.15) is 5.26 Å². The van der Waals surface area contributed by atoms with E-state index in [0.29, 0.717) is 18.8 Å². The van der Waals surface area contributed by atoms with Gasteiger partial charge >= 0.3 is 0 Å². The van der Waals surface area contributed by atoms with Crippen molar-refractivity contribution in [1.82, 2.24) is 10.0 Å². The maximum atomic E-state index is 12.9. The zero-order valence-electron chi connectivity index (χ0n) is 13.8. The van der Waals surface area contributed by atoms with Crippen molar-refractivity contribution >= 4 is 17.3 Å². The predicted octanol–water partition coefficient (Wildman–Crippen LogP) is 2.35. The van der Waals surface area contributed by atoms with E-state index in [9.17, 15) is 20.2 Å². The lowest BCUT2D eigenvalue weighted by Crippen LogP contribution is -2.54. The average Bonchev–Trinajstić information content (AvgIpc) is 2.59. The van der Waals surface area contributed by atoms with Crippen LogP contribution in [0.4, 0.5) is 11.4 Å². The number of hydrogen-bond donors (Lipinski definition) is 1. The number of nitrogens with one attached hydrogen (secondary N) is 1. The number of rotatable bonds is 5. The van der Waals surface area contributed by atoms with E-state index in [4.69, 9.17) is 0 Å². The van der Waals surface area contributed by atoms with E-state index in [0.717, 1.165) is 12.8 Å². The van der Waals surface area contributed by atoms with Crippen LogP contribution in [0.5, 0.6) is 0 Å². The summed E-state index contributed by atoms with van der Waals surface area (Å²) in [5.41, 5.74) is 0.224. The quantitative estimate of drug-likeness (QED) is 0.505. The Morgan fingerprint density at radius 3 is 2.62 bits per heavy atom. The van der Waals surface area contributed by atoms with Gasteiger partial charge in [-0.1, -0.05) is 26.0 Å². The molecule has 0 spiro atoms. The smallest absolute Gasteiger partial charge is 0.292 e. The summed E-state index contributed by atoms with van der Waals surface area (Å²) in [5.74, 6) is -0.343. The van der Waals surface area contributed by atoms with Crippen LogP contribution in [-0.4, -0.2) is 40.0 Å². The molecule has 24 heavy (non-hydrogen) atoms. The van der Waals surface area contributed by atoms with Crippen molar-refractivity contribution in [2.75, 3.05) is 18.4 Å². The maximum absolute atomic E-state index is 12.9. The van der Waals surface area contributed by atoms with Gasteiger partial charge in [0.2, 0.25) is 0 Å². The molecule has 8 nitrogen and oxygen atoms in total. The van der Waals surface area contributed by atoms with E-state index in [1.165, 1.54) is 16.1 Å². The first kappa shape index (κ1) is 17.5. The number of nitro groups is 1. The third-order valence-electron chi connectivity index (χ3n) is 4.00. The van der Waals surface area contributed by atoms with Crippen molar-refractivity contribution in [1.29, 1.82) is 5.26 Å². The van der Waals surface area contributed by atoms with Crippen molar-refractivity contribution in [3.63, 3.8) is 0 Å². The lowest BCUT2D eigenvalue weighted by atomic mass is 10.0. The summed E-state index contributed by atoms with van der Waals surface area (Å²) in [5, 5.41) is 26.2. The van der Waals surface area contributed by atoms with Crippen molar-refractivity contribution in [2.45, 2.75) is 32.7 Å². The summed E-state index contributed by atoms with van der Waals surface area (Å²) in [6, 6.07) is 5.59. The van der Waals surface area contributed by atoms with Gasteiger partial charge in [0.25, 0.3) is 11.6 Å². The fourth-order valence-electron chi connectivity index (χ4n) is 2.69. The largest absolute Gasteiger partial charge is 0.368 e. The fraction of sp³-hybridized carbons (Fsp3) is 0.500. The SMILES string of the molecule is CC(C)C(Nc1ccccc1[N+](=O)[O-])C(=O)N1CCCCN1C#N.